The summed E-state index contributed by atoms with van der Waals surface area (Å²) in [6.07, 6.45) is 5.26. The number of halogens is 1. The van der Waals surface area contributed by atoms with Crippen LogP contribution in [0.5, 0.6) is 0 Å². The highest BCUT2D eigenvalue weighted by Gasteiger charge is 2.42. The minimum Gasteiger partial charge on any atom is -0.480 e. The van der Waals surface area contributed by atoms with Crippen molar-refractivity contribution in [1.82, 2.24) is 4.90 Å². The Morgan fingerprint density at radius 1 is 1.28 bits per heavy atom. The lowest BCUT2D eigenvalue weighted by molar-refractivity contribution is -0.147. The van der Waals surface area contributed by atoms with Gasteiger partial charge in [-0.05, 0) is 88.1 Å². The van der Waals surface area contributed by atoms with Crippen LogP contribution in [-0.4, -0.2) is 58.3 Å². The summed E-state index contributed by atoms with van der Waals surface area (Å²) in [5, 5.41) is 28.4. The van der Waals surface area contributed by atoms with E-state index in [1.54, 1.807) is 0 Å². The van der Waals surface area contributed by atoms with Crippen molar-refractivity contribution in [2.45, 2.75) is 63.7 Å². The third-order valence-corrected chi connectivity index (χ3v) is 6.50. The van der Waals surface area contributed by atoms with Crippen LogP contribution < -0.4 is 5.73 Å². The van der Waals surface area contributed by atoms with Gasteiger partial charge in [-0.1, -0.05) is 36.6 Å². The molecule has 6 nitrogen and oxygen atoms in total. The van der Waals surface area contributed by atoms with Crippen molar-refractivity contribution < 1.29 is 19.9 Å². The van der Waals surface area contributed by atoms with Gasteiger partial charge in [0.05, 0.1) is 0 Å². The SMILES string of the molecule is Cc1ccc(CCCN2CCC(C(N)(CCCCB(O)O)C(=O)O)CC2)c(Cl)c1. The topological polar surface area (TPSA) is 107 Å². The second kappa shape index (κ2) is 11.3. The Morgan fingerprint density at radius 2 is 1.97 bits per heavy atom. The van der Waals surface area contributed by atoms with Crippen LogP contribution in [0.2, 0.25) is 11.3 Å². The van der Waals surface area contributed by atoms with Gasteiger partial charge >= 0.3 is 13.1 Å². The molecule has 5 N–H and O–H groups in total. The number of nitrogens with two attached hydrogens (primary N) is 1. The molecule has 1 aliphatic rings. The first-order valence-corrected chi connectivity index (χ1v) is 11.0. The summed E-state index contributed by atoms with van der Waals surface area (Å²) in [6, 6.07) is 6.17. The van der Waals surface area contributed by atoms with E-state index in [1.807, 2.05) is 13.0 Å². The smallest absolute Gasteiger partial charge is 0.451 e. The third kappa shape index (κ3) is 7.26. The van der Waals surface area contributed by atoms with E-state index in [9.17, 15) is 9.90 Å². The van der Waals surface area contributed by atoms with Crippen molar-refractivity contribution in [1.29, 1.82) is 0 Å². The summed E-state index contributed by atoms with van der Waals surface area (Å²) in [5.41, 5.74) is 7.43. The van der Waals surface area contributed by atoms with Gasteiger partial charge in [-0.2, -0.15) is 0 Å². The Kier molecular flexibility index (Phi) is 9.43. The van der Waals surface area contributed by atoms with E-state index in [0.29, 0.717) is 19.3 Å². The molecule has 29 heavy (non-hydrogen) atoms. The van der Waals surface area contributed by atoms with E-state index in [1.165, 1.54) is 5.56 Å². The lowest BCUT2D eigenvalue weighted by atomic mass is 9.74. The fourth-order valence-electron chi connectivity index (χ4n) is 4.25. The predicted octanol–water partition coefficient (Wildman–Crippen LogP) is 2.72. The van der Waals surface area contributed by atoms with Crippen LogP contribution in [0.1, 0.15) is 49.7 Å². The van der Waals surface area contributed by atoms with Crippen molar-refractivity contribution in [3.63, 3.8) is 0 Å². The molecule has 0 aliphatic carbocycles. The fourth-order valence-corrected chi connectivity index (χ4v) is 4.58. The van der Waals surface area contributed by atoms with E-state index < -0.39 is 18.6 Å². The second-order valence-corrected chi connectivity index (χ2v) is 8.79. The molecule has 0 bridgehead atoms. The molecule has 0 aromatic heterocycles. The molecule has 162 valence electrons. The number of carbonyl (C=O) groups is 1. The van der Waals surface area contributed by atoms with Crippen LogP contribution in [-0.2, 0) is 11.2 Å². The average molecular weight is 425 g/mol. The number of hydrogen-bond acceptors (Lipinski definition) is 5. The molecule has 1 saturated heterocycles. The minimum absolute atomic E-state index is 0.0538. The average Bonchev–Trinajstić information content (AvgIpc) is 2.67. The normalized spacial score (nSPS) is 17.8. The van der Waals surface area contributed by atoms with E-state index in [2.05, 4.69) is 17.0 Å². The molecule has 2 rings (SSSR count). The molecule has 8 heteroatoms. The molecule has 1 aliphatic heterocycles. The standard InChI is InChI=1S/C21H34BClN2O4/c1-16-6-7-17(19(23)15-16)5-4-12-25-13-8-18(9-14-25)21(24,20(26)27)10-2-3-11-22(28)29/h6-7,15,18,28-29H,2-5,8-14,24H2,1H3,(H,26,27). The van der Waals surface area contributed by atoms with Crippen LogP contribution in [0.25, 0.3) is 0 Å². The minimum atomic E-state index is -1.34. The Hall–Kier alpha value is -1.12. The molecule has 1 heterocycles. The summed E-state index contributed by atoms with van der Waals surface area (Å²) in [6.45, 7) is 4.71. The first kappa shape index (κ1) is 24.2. The highest BCUT2D eigenvalue weighted by atomic mass is 35.5. The number of likely N-dealkylation sites (tertiary alicyclic amines) is 1. The first-order chi connectivity index (χ1) is 13.7. The van der Waals surface area contributed by atoms with Gasteiger partial charge in [-0.15, -0.1) is 0 Å². The quantitative estimate of drug-likeness (QED) is 0.321. The van der Waals surface area contributed by atoms with E-state index in [0.717, 1.165) is 55.9 Å². The van der Waals surface area contributed by atoms with Gasteiger partial charge in [-0.3, -0.25) is 4.79 Å². The highest BCUT2D eigenvalue weighted by Crippen LogP contribution is 2.31. The summed E-state index contributed by atoms with van der Waals surface area (Å²) in [4.78, 5) is 14.2. The Balaban J connectivity index is 1.77. The summed E-state index contributed by atoms with van der Waals surface area (Å²) < 4.78 is 0. The fraction of sp³-hybridized carbons (Fsp3) is 0.667. The third-order valence-electron chi connectivity index (χ3n) is 6.15. The molecular formula is C21H34BClN2O4. The predicted molar refractivity (Wildman–Crippen MR) is 117 cm³/mol. The molecule has 0 radical (unpaired) electrons. The summed E-state index contributed by atoms with van der Waals surface area (Å²) in [5.74, 6) is -1.00. The molecule has 1 atom stereocenters. The van der Waals surface area contributed by atoms with Crippen LogP contribution in [0.15, 0.2) is 18.2 Å². The molecule has 0 amide bonds. The Morgan fingerprint density at radius 3 is 2.55 bits per heavy atom. The monoisotopic (exact) mass is 424 g/mol. The van der Waals surface area contributed by atoms with Gasteiger partial charge in [0.1, 0.15) is 5.54 Å². The molecule has 1 aromatic rings. The number of carboxylic acid groups (broad SMARTS) is 1. The van der Waals surface area contributed by atoms with E-state index in [-0.39, 0.29) is 12.2 Å². The summed E-state index contributed by atoms with van der Waals surface area (Å²) >= 11 is 6.31. The maximum Gasteiger partial charge on any atom is 0.451 e. The Bertz CT molecular complexity index is 668. The van der Waals surface area contributed by atoms with Gasteiger partial charge in [0, 0.05) is 5.02 Å². The van der Waals surface area contributed by atoms with Crippen molar-refractivity contribution in [3.8, 4) is 0 Å². The highest BCUT2D eigenvalue weighted by molar-refractivity contribution is 6.40. The van der Waals surface area contributed by atoms with Crippen molar-refractivity contribution in [2.24, 2.45) is 11.7 Å². The zero-order valence-corrected chi connectivity index (χ0v) is 18.1. The number of rotatable bonds is 11. The molecular weight excluding hydrogens is 391 g/mol. The van der Waals surface area contributed by atoms with E-state index >= 15 is 0 Å². The number of hydrogen-bond donors (Lipinski definition) is 4. The number of unbranched alkanes of at least 4 members (excludes halogenated alkanes) is 1. The largest absolute Gasteiger partial charge is 0.480 e. The molecule has 0 spiro atoms. The van der Waals surface area contributed by atoms with Crippen molar-refractivity contribution in [2.75, 3.05) is 19.6 Å². The maximum absolute atomic E-state index is 11.9. The zero-order valence-electron chi connectivity index (χ0n) is 17.3. The van der Waals surface area contributed by atoms with E-state index in [4.69, 9.17) is 27.4 Å². The molecule has 1 unspecified atom stereocenters. The van der Waals surface area contributed by atoms with Crippen LogP contribution >= 0.6 is 11.6 Å². The number of piperidine rings is 1. The summed E-state index contributed by atoms with van der Waals surface area (Å²) in [7, 11) is -1.34. The maximum atomic E-state index is 11.9. The van der Waals surface area contributed by atoms with Crippen LogP contribution in [0.4, 0.5) is 0 Å². The Labute approximate surface area is 179 Å². The number of aryl methyl sites for hydroxylation is 2. The lowest BCUT2D eigenvalue weighted by Crippen LogP contribution is -2.57. The van der Waals surface area contributed by atoms with Crippen molar-refractivity contribution in [3.05, 3.63) is 34.3 Å². The molecule has 0 saturated carbocycles. The second-order valence-electron chi connectivity index (χ2n) is 8.39. The molecule has 1 aromatic carbocycles. The first-order valence-electron chi connectivity index (χ1n) is 10.6. The number of aliphatic carboxylic acids is 1. The van der Waals surface area contributed by atoms with Crippen LogP contribution in [0.3, 0.4) is 0 Å². The van der Waals surface area contributed by atoms with Gasteiger partial charge in [0.15, 0.2) is 0 Å². The van der Waals surface area contributed by atoms with Gasteiger partial charge in [0.25, 0.3) is 0 Å². The lowest BCUT2D eigenvalue weighted by Gasteiger charge is -2.40. The van der Waals surface area contributed by atoms with Gasteiger partial charge < -0.3 is 25.8 Å². The van der Waals surface area contributed by atoms with Gasteiger partial charge in [-0.25, -0.2) is 0 Å². The molecule has 1 fully saturated rings. The zero-order chi connectivity index (χ0) is 21.4. The number of carboxylic acids is 1. The number of nitrogens with zero attached hydrogens (tertiary/aromatic N) is 1. The number of benzene rings is 1. The van der Waals surface area contributed by atoms with Crippen molar-refractivity contribution >= 4 is 24.7 Å². The van der Waals surface area contributed by atoms with Crippen LogP contribution in [0, 0.1) is 12.8 Å². The van der Waals surface area contributed by atoms with Gasteiger partial charge in [0.2, 0.25) is 0 Å².